The van der Waals surface area contributed by atoms with Crippen molar-refractivity contribution in [3.63, 3.8) is 0 Å². The molecule has 0 bridgehead atoms. The Hall–Kier alpha value is -4.73. The summed E-state index contributed by atoms with van der Waals surface area (Å²) >= 11 is 7.39. The summed E-state index contributed by atoms with van der Waals surface area (Å²) in [4.78, 5) is 48.4. The van der Waals surface area contributed by atoms with Crippen LogP contribution in [0.4, 0.5) is 5.13 Å². The zero-order valence-corrected chi connectivity index (χ0v) is 22.7. The number of fused-ring (bicyclic) bond motifs is 1. The first kappa shape index (κ1) is 25.5. The zero-order valence-electron chi connectivity index (χ0n) is 21.2. The normalized spacial score (nSPS) is 12.6. The third-order valence-electron chi connectivity index (χ3n) is 5.96. The standard InChI is InChI=1S/C27H19ClN8O3S/c1-14-7-23(37)36(32-10-14)22-9-17(18-8-21(28)29-13-20(18)39-2)19(12-30-22)25(38)35-27-34-24-26(40-27)33-16(11-31-24)6-5-15-3-4-15/h7-13,15H,3-4H2,1-2H3,(H,31,34,35,38). The fourth-order valence-corrected chi connectivity index (χ4v) is 4.78. The second-order valence-corrected chi connectivity index (χ2v) is 10.3. The van der Waals surface area contributed by atoms with Crippen molar-refractivity contribution in [2.45, 2.75) is 19.8 Å². The summed E-state index contributed by atoms with van der Waals surface area (Å²) in [6, 6.07) is 4.58. The number of halogens is 1. The summed E-state index contributed by atoms with van der Waals surface area (Å²) in [6.45, 7) is 1.77. The van der Waals surface area contributed by atoms with Crippen LogP contribution in [0.25, 0.3) is 27.4 Å². The molecule has 0 radical (unpaired) electrons. The summed E-state index contributed by atoms with van der Waals surface area (Å²) in [6.07, 6.45) is 8.16. The lowest BCUT2D eigenvalue weighted by Crippen LogP contribution is -2.22. The van der Waals surface area contributed by atoms with Gasteiger partial charge in [0.2, 0.25) is 0 Å². The summed E-state index contributed by atoms with van der Waals surface area (Å²) in [5.41, 5.74) is 2.35. The van der Waals surface area contributed by atoms with Gasteiger partial charge in [-0.15, -0.1) is 0 Å². The number of aryl methyl sites for hydroxylation is 1. The van der Waals surface area contributed by atoms with Gasteiger partial charge in [0, 0.05) is 29.3 Å². The van der Waals surface area contributed by atoms with E-state index in [1.807, 2.05) is 0 Å². The van der Waals surface area contributed by atoms with Crippen molar-refractivity contribution in [3.8, 4) is 34.5 Å². The summed E-state index contributed by atoms with van der Waals surface area (Å²) in [5.74, 6) is 6.72. The fourth-order valence-electron chi connectivity index (χ4n) is 3.83. The quantitative estimate of drug-likeness (QED) is 0.245. The number of nitrogens with zero attached hydrogens (tertiary/aromatic N) is 7. The van der Waals surface area contributed by atoms with Gasteiger partial charge in [-0.2, -0.15) is 14.8 Å². The SMILES string of the molecule is COc1cnc(Cl)cc1-c1cc(-n2ncc(C)cc2=O)ncc1C(=O)Nc1nc2ncc(C#CC3CC3)nc2s1. The number of hydrogen-bond acceptors (Lipinski definition) is 10. The molecule has 1 saturated carbocycles. The number of carbonyl (C=O) groups is 1. The number of amides is 1. The Morgan fingerprint density at radius 2 is 1.95 bits per heavy atom. The van der Waals surface area contributed by atoms with Gasteiger partial charge in [-0.3, -0.25) is 14.9 Å². The van der Waals surface area contributed by atoms with Gasteiger partial charge < -0.3 is 4.74 Å². The lowest BCUT2D eigenvalue weighted by molar-refractivity contribution is 0.102. The summed E-state index contributed by atoms with van der Waals surface area (Å²) < 4.78 is 6.63. The maximum Gasteiger partial charge on any atom is 0.273 e. The van der Waals surface area contributed by atoms with Gasteiger partial charge in [0.05, 0.1) is 31.3 Å². The molecule has 5 aromatic rings. The number of hydrogen-bond donors (Lipinski definition) is 1. The molecule has 11 nitrogen and oxygen atoms in total. The summed E-state index contributed by atoms with van der Waals surface area (Å²) in [5, 5.41) is 7.48. The average molecular weight is 571 g/mol. The number of aromatic nitrogens is 7. The van der Waals surface area contributed by atoms with Crippen LogP contribution in [-0.2, 0) is 0 Å². The number of methoxy groups -OCH3 is 1. The van der Waals surface area contributed by atoms with Gasteiger partial charge in [-0.05, 0) is 43.4 Å². The van der Waals surface area contributed by atoms with Gasteiger partial charge in [0.25, 0.3) is 11.5 Å². The number of anilines is 1. The van der Waals surface area contributed by atoms with Crippen molar-refractivity contribution >= 4 is 44.5 Å². The smallest absolute Gasteiger partial charge is 0.273 e. The molecule has 0 unspecified atom stereocenters. The molecule has 13 heteroatoms. The van der Waals surface area contributed by atoms with E-state index in [1.54, 1.807) is 31.5 Å². The molecular formula is C27H19ClN8O3S. The van der Waals surface area contributed by atoms with E-state index in [4.69, 9.17) is 16.3 Å². The topological polar surface area (TPSA) is 138 Å². The third kappa shape index (κ3) is 5.25. The van der Waals surface area contributed by atoms with Crippen LogP contribution in [-0.4, -0.2) is 47.7 Å². The number of rotatable bonds is 5. The average Bonchev–Trinajstić information content (AvgIpc) is 3.69. The van der Waals surface area contributed by atoms with Crippen LogP contribution in [0.15, 0.2) is 47.8 Å². The van der Waals surface area contributed by atoms with E-state index in [1.165, 1.54) is 36.9 Å². The van der Waals surface area contributed by atoms with Crippen molar-refractivity contribution in [2.24, 2.45) is 5.92 Å². The Balaban J connectivity index is 1.39. The Morgan fingerprint density at radius 3 is 2.73 bits per heavy atom. The van der Waals surface area contributed by atoms with Crippen LogP contribution < -0.4 is 15.6 Å². The molecule has 1 aliphatic rings. The number of thiazole rings is 1. The Bertz CT molecular complexity index is 1920. The Kier molecular flexibility index (Phi) is 6.67. The molecule has 0 spiro atoms. The molecular weight excluding hydrogens is 552 g/mol. The van der Waals surface area contributed by atoms with Gasteiger partial charge in [0.15, 0.2) is 21.4 Å². The van der Waals surface area contributed by atoms with Crippen LogP contribution in [0.2, 0.25) is 5.15 Å². The minimum atomic E-state index is -0.499. The van der Waals surface area contributed by atoms with Crippen LogP contribution in [0.5, 0.6) is 5.75 Å². The molecule has 0 atom stereocenters. The minimum Gasteiger partial charge on any atom is -0.494 e. The van der Waals surface area contributed by atoms with E-state index in [9.17, 15) is 9.59 Å². The third-order valence-corrected chi connectivity index (χ3v) is 7.02. The maximum absolute atomic E-state index is 13.6. The van der Waals surface area contributed by atoms with Crippen molar-refractivity contribution in [1.82, 2.24) is 34.7 Å². The number of ether oxygens (including phenoxy) is 1. The van der Waals surface area contributed by atoms with Crippen molar-refractivity contribution in [2.75, 3.05) is 12.4 Å². The highest BCUT2D eigenvalue weighted by atomic mass is 35.5. The number of carbonyl (C=O) groups excluding carboxylic acids is 1. The molecule has 0 aliphatic heterocycles. The highest BCUT2D eigenvalue weighted by molar-refractivity contribution is 7.21. The van der Waals surface area contributed by atoms with Gasteiger partial charge >= 0.3 is 0 Å². The largest absolute Gasteiger partial charge is 0.494 e. The highest BCUT2D eigenvalue weighted by Crippen LogP contribution is 2.35. The van der Waals surface area contributed by atoms with Crippen molar-refractivity contribution < 1.29 is 9.53 Å². The molecule has 1 amide bonds. The number of pyridine rings is 2. The highest BCUT2D eigenvalue weighted by Gasteiger charge is 2.21. The summed E-state index contributed by atoms with van der Waals surface area (Å²) in [7, 11) is 1.48. The molecule has 5 heterocycles. The van der Waals surface area contributed by atoms with Crippen LogP contribution in [0, 0.1) is 24.7 Å². The van der Waals surface area contributed by atoms with E-state index in [0.717, 1.165) is 17.5 Å². The monoisotopic (exact) mass is 570 g/mol. The van der Waals surface area contributed by atoms with E-state index < -0.39 is 5.91 Å². The molecule has 0 saturated heterocycles. The van der Waals surface area contributed by atoms with Gasteiger partial charge in [-0.25, -0.2) is 19.9 Å². The van der Waals surface area contributed by atoms with Crippen LogP contribution >= 0.6 is 22.9 Å². The predicted octanol–water partition coefficient (Wildman–Crippen LogP) is 4.07. The Labute approximate surface area is 236 Å². The van der Waals surface area contributed by atoms with E-state index >= 15 is 0 Å². The first-order chi connectivity index (χ1) is 19.4. The maximum atomic E-state index is 13.6. The minimum absolute atomic E-state index is 0.181. The number of nitrogens with one attached hydrogen (secondary N) is 1. The molecule has 5 aromatic heterocycles. The van der Waals surface area contributed by atoms with E-state index in [0.29, 0.717) is 49.7 Å². The molecule has 1 aliphatic carbocycles. The predicted molar refractivity (Wildman–Crippen MR) is 150 cm³/mol. The first-order valence-electron chi connectivity index (χ1n) is 12.1. The second kappa shape index (κ2) is 10.4. The van der Waals surface area contributed by atoms with E-state index in [2.05, 4.69) is 47.2 Å². The lowest BCUT2D eigenvalue weighted by Gasteiger charge is -2.14. The molecule has 1 N–H and O–H groups in total. The van der Waals surface area contributed by atoms with Crippen LogP contribution in [0.1, 0.15) is 34.5 Å². The molecule has 40 heavy (non-hydrogen) atoms. The molecule has 1 fully saturated rings. The zero-order chi connectivity index (χ0) is 27.8. The molecule has 6 rings (SSSR count). The van der Waals surface area contributed by atoms with Crippen LogP contribution in [0.3, 0.4) is 0 Å². The molecule has 0 aromatic carbocycles. The van der Waals surface area contributed by atoms with E-state index in [-0.39, 0.29) is 22.1 Å². The molecule has 198 valence electrons. The lowest BCUT2D eigenvalue weighted by atomic mass is 10.0. The van der Waals surface area contributed by atoms with Crippen molar-refractivity contribution in [3.05, 3.63) is 75.3 Å². The van der Waals surface area contributed by atoms with Gasteiger partial charge in [-0.1, -0.05) is 28.9 Å². The van der Waals surface area contributed by atoms with Crippen molar-refractivity contribution in [1.29, 1.82) is 0 Å². The van der Waals surface area contributed by atoms with Gasteiger partial charge in [0.1, 0.15) is 16.6 Å². The first-order valence-corrected chi connectivity index (χ1v) is 13.3. The Morgan fingerprint density at radius 1 is 1.10 bits per heavy atom. The second-order valence-electron chi connectivity index (χ2n) is 8.98. The fraction of sp³-hybridized carbons (Fsp3) is 0.185.